The lowest BCUT2D eigenvalue weighted by molar-refractivity contribution is -0.114. The van der Waals surface area contributed by atoms with Gasteiger partial charge in [0, 0.05) is 16.9 Å². The molecule has 0 heterocycles. The zero-order valence-electron chi connectivity index (χ0n) is 21.5. The van der Waals surface area contributed by atoms with Crippen LogP contribution in [0.3, 0.4) is 0 Å². The van der Waals surface area contributed by atoms with Gasteiger partial charge in [0.25, 0.3) is 5.91 Å². The zero-order valence-corrected chi connectivity index (χ0v) is 22.4. The van der Waals surface area contributed by atoms with Crippen LogP contribution in [-0.2, 0) is 20.2 Å². The van der Waals surface area contributed by atoms with Gasteiger partial charge in [-0.1, -0.05) is 51.1 Å². The van der Waals surface area contributed by atoms with Crippen LogP contribution in [0.2, 0.25) is 0 Å². The van der Waals surface area contributed by atoms with Crippen molar-refractivity contribution < 1.29 is 18.0 Å². The Morgan fingerprint density at radius 2 is 1.47 bits per heavy atom. The maximum absolute atomic E-state index is 12.8. The van der Waals surface area contributed by atoms with E-state index in [9.17, 15) is 18.0 Å². The molecule has 3 rings (SSSR count). The molecule has 36 heavy (non-hydrogen) atoms. The van der Waals surface area contributed by atoms with Gasteiger partial charge in [-0.05, 0) is 72.4 Å². The molecule has 0 spiro atoms. The quantitative estimate of drug-likeness (QED) is 0.456. The number of amides is 2. The Morgan fingerprint density at radius 3 is 2.06 bits per heavy atom. The van der Waals surface area contributed by atoms with Gasteiger partial charge in [0.1, 0.15) is 6.54 Å². The maximum atomic E-state index is 12.8. The molecule has 0 aromatic heterocycles. The highest BCUT2D eigenvalue weighted by Gasteiger charge is 2.23. The van der Waals surface area contributed by atoms with Gasteiger partial charge in [-0.15, -0.1) is 0 Å². The van der Waals surface area contributed by atoms with Crippen LogP contribution in [0.15, 0.2) is 66.7 Å². The second kappa shape index (κ2) is 10.5. The summed E-state index contributed by atoms with van der Waals surface area (Å²) in [6.07, 6.45) is 1.08. The second-order valence-corrected chi connectivity index (χ2v) is 11.9. The number of aryl methyl sites for hydroxylation is 2. The number of anilines is 3. The van der Waals surface area contributed by atoms with Crippen molar-refractivity contribution in [3.05, 3.63) is 89.0 Å². The highest BCUT2D eigenvalue weighted by molar-refractivity contribution is 7.92. The number of hydrogen-bond acceptors (Lipinski definition) is 4. The highest BCUT2D eigenvalue weighted by Crippen LogP contribution is 2.25. The first-order valence-corrected chi connectivity index (χ1v) is 13.5. The van der Waals surface area contributed by atoms with Crippen LogP contribution < -0.4 is 14.9 Å². The van der Waals surface area contributed by atoms with E-state index in [4.69, 9.17) is 0 Å². The summed E-state index contributed by atoms with van der Waals surface area (Å²) in [6, 6.07) is 19.6. The first-order valence-electron chi connectivity index (χ1n) is 11.6. The molecule has 0 atom stereocenters. The molecular weight excluding hydrogens is 474 g/mol. The summed E-state index contributed by atoms with van der Waals surface area (Å²) in [5.41, 5.74) is 4.70. The van der Waals surface area contributed by atoms with Gasteiger partial charge < -0.3 is 10.6 Å². The zero-order chi connectivity index (χ0) is 26.7. The molecule has 3 aromatic carbocycles. The number of nitrogens with zero attached hydrogens (tertiary/aromatic N) is 1. The van der Waals surface area contributed by atoms with Gasteiger partial charge in [-0.25, -0.2) is 8.42 Å². The summed E-state index contributed by atoms with van der Waals surface area (Å²) < 4.78 is 26.0. The van der Waals surface area contributed by atoms with Crippen molar-refractivity contribution in [2.45, 2.75) is 40.0 Å². The smallest absolute Gasteiger partial charge is 0.255 e. The number of carbonyl (C=O) groups is 2. The fourth-order valence-corrected chi connectivity index (χ4v) is 4.61. The Balaban J connectivity index is 1.72. The van der Waals surface area contributed by atoms with Crippen LogP contribution in [-0.4, -0.2) is 33.0 Å². The molecule has 0 bridgehead atoms. The van der Waals surface area contributed by atoms with E-state index in [1.54, 1.807) is 49.4 Å². The van der Waals surface area contributed by atoms with E-state index >= 15 is 0 Å². The first-order chi connectivity index (χ1) is 16.7. The molecule has 0 radical (unpaired) electrons. The Kier molecular flexibility index (Phi) is 7.89. The van der Waals surface area contributed by atoms with E-state index in [0.29, 0.717) is 22.6 Å². The molecule has 7 nitrogen and oxygen atoms in total. The summed E-state index contributed by atoms with van der Waals surface area (Å²) in [5.74, 6) is -0.764. The molecule has 190 valence electrons. The molecule has 2 N–H and O–H groups in total. The number of nitrogens with one attached hydrogen (secondary N) is 2. The Labute approximate surface area is 213 Å². The third-order valence-corrected chi connectivity index (χ3v) is 6.86. The third kappa shape index (κ3) is 6.95. The lowest BCUT2D eigenvalue weighted by Crippen LogP contribution is -2.37. The van der Waals surface area contributed by atoms with Gasteiger partial charge in [0.15, 0.2) is 0 Å². The summed E-state index contributed by atoms with van der Waals surface area (Å²) >= 11 is 0. The van der Waals surface area contributed by atoms with Gasteiger partial charge in [-0.3, -0.25) is 13.9 Å². The summed E-state index contributed by atoms with van der Waals surface area (Å²) in [4.78, 5) is 25.5. The molecular formula is C28H33N3O4S. The van der Waals surface area contributed by atoms with Crippen LogP contribution in [0.4, 0.5) is 17.1 Å². The lowest BCUT2D eigenvalue weighted by Gasteiger charge is -2.24. The SMILES string of the molecule is Cc1ccc(C)c(N(CC(=O)Nc2cccc(NC(=O)c3ccc(C(C)(C)C)cc3)c2)S(C)(=O)=O)c1. The van der Waals surface area contributed by atoms with E-state index < -0.39 is 15.9 Å². The van der Waals surface area contributed by atoms with Gasteiger partial charge >= 0.3 is 0 Å². The van der Waals surface area contributed by atoms with Crippen LogP contribution in [0.5, 0.6) is 0 Å². The van der Waals surface area contributed by atoms with E-state index in [-0.39, 0.29) is 17.9 Å². The maximum Gasteiger partial charge on any atom is 0.255 e. The summed E-state index contributed by atoms with van der Waals surface area (Å²) in [5, 5.41) is 5.57. The number of carbonyl (C=O) groups excluding carboxylic acids is 2. The summed E-state index contributed by atoms with van der Waals surface area (Å²) in [7, 11) is -3.70. The molecule has 0 fully saturated rings. The minimum absolute atomic E-state index is 0.00767. The number of hydrogen-bond donors (Lipinski definition) is 2. The van der Waals surface area contributed by atoms with E-state index in [2.05, 4.69) is 31.4 Å². The number of sulfonamides is 1. The molecule has 0 unspecified atom stereocenters. The van der Waals surface area contributed by atoms with Crippen LogP contribution in [0.25, 0.3) is 0 Å². The Morgan fingerprint density at radius 1 is 0.861 bits per heavy atom. The third-order valence-electron chi connectivity index (χ3n) is 5.74. The van der Waals surface area contributed by atoms with Gasteiger partial charge in [0.05, 0.1) is 11.9 Å². The average molecular weight is 508 g/mol. The normalized spacial score (nSPS) is 11.6. The first kappa shape index (κ1) is 26.9. The predicted molar refractivity (Wildman–Crippen MR) is 146 cm³/mol. The molecule has 0 aliphatic carbocycles. The van der Waals surface area contributed by atoms with Gasteiger partial charge in [0.2, 0.25) is 15.9 Å². The van der Waals surface area contributed by atoms with Crippen molar-refractivity contribution in [2.24, 2.45) is 0 Å². The second-order valence-electron chi connectivity index (χ2n) is 9.97. The molecule has 2 amide bonds. The van der Waals surface area contributed by atoms with Crippen molar-refractivity contribution in [3.8, 4) is 0 Å². The largest absolute Gasteiger partial charge is 0.324 e. The van der Waals surface area contributed by atoms with Crippen molar-refractivity contribution >= 4 is 38.9 Å². The lowest BCUT2D eigenvalue weighted by atomic mass is 9.87. The van der Waals surface area contributed by atoms with Gasteiger partial charge in [-0.2, -0.15) is 0 Å². The number of rotatable bonds is 7. The van der Waals surface area contributed by atoms with Crippen molar-refractivity contribution in [2.75, 3.05) is 27.7 Å². The summed E-state index contributed by atoms with van der Waals surface area (Å²) in [6.45, 7) is 9.62. The topological polar surface area (TPSA) is 95.6 Å². The van der Waals surface area contributed by atoms with Crippen molar-refractivity contribution in [3.63, 3.8) is 0 Å². The molecule has 0 aliphatic heterocycles. The van der Waals surface area contributed by atoms with E-state index in [0.717, 1.165) is 27.3 Å². The molecule has 0 saturated carbocycles. The van der Waals surface area contributed by atoms with Crippen LogP contribution >= 0.6 is 0 Å². The Bertz CT molecular complexity index is 1370. The minimum atomic E-state index is -3.70. The predicted octanol–water partition coefficient (Wildman–Crippen LogP) is 5.26. The molecule has 0 aliphatic rings. The average Bonchev–Trinajstić information content (AvgIpc) is 2.78. The molecule has 0 saturated heterocycles. The Hall–Kier alpha value is -3.65. The monoisotopic (exact) mass is 507 g/mol. The van der Waals surface area contributed by atoms with E-state index in [1.807, 2.05) is 31.2 Å². The standard InChI is InChI=1S/C28H33N3O4S/c1-19-10-11-20(2)25(16-19)31(36(6,34)35)18-26(32)29-23-8-7-9-24(17-23)30-27(33)21-12-14-22(15-13-21)28(3,4)5/h7-17H,18H2,1-6H3,(H,29,32)(H,30,33). The molecule has 8 heteroatoms. The fourth-order valence-electron chi connectivity index (χ4n) is 3.70. The van der Waals surface area contributed by atoms with Crippen LogP contribution in [0.1, 0.15) is 47.8 Å². The highest BCUT2D eigenvalue weighted by atomic mass is 32.2. The van der Waals surface area contributed by atoms with Crippen LogP contribution in [0, 0.1) is 13.8 Å². The minimum Gasteiger partial charge on any atom is -0.324 e. The van der Waals surface area contributed by atoms with Crippen molar-refractivity contribution in [1.82, 2.24) is 0 Å². The van der Waals surface area contributed by atoms with Crippen molar-refractivity contribution in [1.29, 1.82) is 0 Å². The molecule has 3 aromatic rings. The number of benzene rings is 3. The fraction of sp³-hybridized carbons (Fsp3) is 0.286. The van der Waals surface area contributed by atoms with E-state index in [1.165, 1.54) is 0 Å².